The van der Waals surface area contributed by atoms with Gasteiger partial charge in [0.1, 0.15) is 0 Å². The third-order valence-electron chi connectivity index (χ3n) is 3.26. The summed E-state index contributed by atoms with van der Waals surface area (Å²) in [5.41, 5.74) is 0. The zero-order valence-corrected chi connectivity index (χ0v) is 11.0. The van der Waals surface area contributed by atoms with Crippen LogP contribution < -0.4 is 5.32 Å². The molecule has 0 amide bonds. The lowest BCUT2D eigenvalue weighted by Crippen LogP contribution is -2.30. The number of nitrogens with one attached hydrogen (secondary N) is 1. The molecule has 0 aromatic rings. The standard InChI is InChI=1S/C13H29NO/c1-5-8-13(12(6-2)7-3)11-14-9-10-15-4/h12-14H,5-11H2,1-4H3. The van der Waals surface area contributed by atoms with Gasteiger partial charge in [0, 0.05) is 13.7 Å². The van der Waals surface area contributed by atoms with Gasteiger partial charge in [-0.25, -0.2) is 0 Å². The molecule has 0 rings (SSSR count). The zero-order valence-electron chi connectivity index (χ0n) is 11.0. The highest BCUT2D eigenvalue weighted by Gasteiger charge is 2.16. The van der Waals surface area contributed by atoms with E-state index in [0.29, 0.717) is 0 Å². The summed E-state index contributed by atoms with van der Waals surface area (Å²) in [7, 11) is 1.76. The highest BCUT2D eigenvalue weighted by atomic mass is 16.5. The smallest absolute Gasteiger partial charge is 0.0587 e. The fraction of sp³-hybridized carbons (Fsp3) is 1.00. The fourth-order valence-corrected chi connectivity index (χ4v) is 2.29. The van der Waals surface area contributed by atoms with Crippen molar-refractivity contribution in [1.29, 1.82) is 0 Å². The van der Waals surface area contributed by atoms with Crippen LogP contribution in [0.3, 0.4) is 0 Å². The second-order valence-corrected chi connectivity index (χ2v) is 4.32. The van der Waals surface area contributed by atoms with E-state index in [1.54, 1.807) is 7.11 Å². The largest absolute Gasteiger partial charge is 0.383 e. The number of ether oxygens (including phenoxy) is 1. The van der Waals surface area contributed by atoms with E-state index in [1.807, 2.05) is 0 Å². The summed E-state index contributed by atoms with van der Waals surface area (Å²) in [5, 5.41) is 3.50. The van der Waals surface area contributed by atoms with Gasteiger partial charge in [-0.3, -0.25) is 0 Å². The molecule has 0 fully saturated rings. The molecular weight excluding hydrogens is 186 g/mol. The average molecular weight is 215 g/mol. The predicted molar refractivity (Wildman–Crippen MR) is 67.2 cm³/mol. The molecule has 0 heterocycles. The minimum Gasteiger partial charge on any atom is -0.383 e. The Labute approximate surface area is 95.8 Å². The molecule has 2 heteroatoms. The minimum absolute atomic E-state index is 0.821. The van der Waals surface area contributed by atoms with Gasteiger partial charge in [0.05, 0.1) is 6.61 Å². The molecule has 0 aromatic carbocycles. The average Bonchev–Trinajstić information content (AvgIpc) is 2.26. The normalized spacial score (nSPS) is 13.4. The van der Waals surface area contributed by atoms with E-state index in [-0.39, 0.29) is 0 Å². The molecule has 15 heavy (non-hydrogen) atoms. The van der Waals surface area contributed by atoms with Crippen molar-refractivity contribution >= 4 is 0 Å². The third-order valence-corrected chi connectivity index (χ3v) is 3.26. The Morgan fingerprint density at radius 2 is 1.73 bits per heavy atom. The molecule has 0 radical (unpaired) electrons. The minimum atomic E-state index is 0.821. The number of rotatable bonds is 10. The molecule has 0 aliphatic carbocycles. The van der Waals surface area contributed by atoms with Crippen LogP contribution in [0.5, 0.6) is 0 Å². The maximum atomic E-state index is 5.03. The van der Waals surface area contributed by atoms with Gasteiger partial charge in [-0.1, -0.05) is 40.0 Å². The summed E-state index contributed by atoms with van der Waals surface area (Å²) < 4.78 is 5.03. The molecule has 92 valence electrons. The summed E-state index contributed by atoms with van der Waals surface area (Å²) in [6.07, 6.45) is 5.28. The molecule has 0 aromatic heterocycles. The molecule has 1 atom stereocenters. The zero-order chi connectivity index (χ0) is 11.5. The number of hydrogen-bond donors (Lipinski definition) is 1. The van der Waals surface area contributed by atoms with Crippen LogP contribution in [0.1, 0.15) is 46.5 Å². The van der Waals surface area contributed by atoms with Crippen molar-refractivity contribution in [2.24, 2.45) is 11.8 Å². The first-order chi connectivity index (χ1) is 7.29. The van der Waals surface area contributed by atoms with Crippen LogP contribution in [0.25, 0.3) is 0 Å². The SMILES string of the molecule is CCCC(CNCCOC)C(CC)CC. The number of methoxy groups -OCH3 is 1. The van der Waals surface area contributed by atoms with Gasteiger partial charge in [0.25, 0.3) is 0 Å². The summed E-state index contributed by atoms with van der Waals surface area (Å²) >= 11 is 0. The molecule has 0 bridgehead atoms. The van der Waals surface area contributed by atoms with Crippen molar-refractivity contribution < 1.29 is 4.74 Å². The monoisotopic (exact) mass is 215 g/mol. The van der Waals surface area contributed by atoms with E-state index in [1.165, 1.54) is 25.7 Å². The van der Waals surface area contributed by atoms with Crippen LogP contribution in [0, 0.1) is 11.8 Å². The lowest BCUT2D eigenvalue weighted by Gasteiger charge is -2.25. The van der Waals surface area contributed by atoms with Crippen molar-refractivity contribution in [2.75, 3.05) is 26.8 Å². The summed E-state index contributed by atoms with van der Waals surface area (Å²) in [4.78, 5) is 0. The Balaban J connectivity index is 3.80. The van der Waals surface area contributed by atoms with Crippen molar-refractivity contribution in [2.45, 2.75) is 46.5 Å². The second-order valence-electron chi connectivity index (χ2n) is 4.32. The van der Waals surface area contributed by atoms with Crippen molar-refractivity contribution in [1.82, 2.24) is 5.32 Å². The number of hydrogen-bond acceptors (Lipinski definition) is 2. The van der Waals surface area contributed by atoms with Crippen molar-refractivity contribution in [3.8, 4) is 0 Å². The Morgan fingerprint density at radius 3 is 2.20 bits per heavy atom. The first-order valence-electron chi connectivity index (χ1n) is 6.49. The lowest BCUT2D eigenvalue weighted by molar-refractivity contribution is 0.193. The molecule has 0 spiro atoms. The Morgan fingerprint density at radius 1 is 1.07 bits per heavy atom. The van der Waals surface area contributed by atoms with Gasteiger partial charge < -0.3 is 10.1 Å². The molecule has 2 nitrogen and oxygen atoms in total. The topological polar surface area (TPSA) is 21.3 Å². The van der Waals surface area contributed by atoms with Crippen LogP contribution in [0.15, 0.2) is 0 Å². The van der Waals surface area contributed by atoms with E-state index in [0.717, 1.165) is 31.5 Å². The molecule has 1 unspecified atom stereocenters. The molecule has 0 saturated heterocycles. The maximum Gasteiger partial charge on any atom is 0.0587 e. The fourth-order valence-electron chi connectivity index (χ4n) is 2.29. The van der Waals surface area contributed by atoms with Gasteiger partial charge in [-0.05, 0) is 24.8 Å². The van der Waals surface area contributed by atoms with Gasteiger partial charge >= 0.3 is 0 Å². The second kappa shape index (κ2) is 10.4. The predicted octanol–water partition coefficient (Wildman–Crippen LogP) is 3.07. The first kappa shape index (κ1) is 14.9. The van der Waals surface area contributed by atoms with E-state index >= 15 is 0 Å². The lowest BCUT2D eigenvalue weighted by atomic mass is 9.84. The first-order valence-corrected chi connectivity index (χ1v) is 6.49. The molecule has 0 aliphatic heterocycles. The van der Waals surface area contributed by atoms with Crippen LogP contribution in [0.2, 0.25) is 0 Å². The van der Waals surface area contributed by atoms with Crippen molar-refractivity contribution in [3.05, 3.63) is 0 Å². The van der Waals surface area contributed by atoms with Gasteiger partial charge in [0.15, 0.2) is 0 Å². The summed E-state index contributed by atoms with van der Waals surface area (Å²) in [5.74, 6) is 1.74. The van der Waals surface area contributed by atoms with Crippen LogP contribution >= 0.6 is 0 Å². The summed E-state index contributed by atoms with van der Waals surface area (Å²) in [6, 6.07) is 0. The van der Waals surface area contributed by atoms with E-state index < -0.39 is 0 Å². The summed E-state index contributed by atoms with van der Waals surface area (Å²) in [6.45, 7) is 9.87. The Kier molecular flexibility index (Phi) is 10.4. The van der Waals surface area contributed by atoms with Crippen LogP contribution in [-0.4, -0.2) is 26.8 Å². The van der Waals surface area contributed by atoms with Gasteiger partial charge in [-0.15, -0.1) is 0 Å². The maximum absolute atomic E-state index is 5.03. The van der Waals surface area contributed by atoms with Gasteiger partial charge in [0.2, 0.25) is 0 Å². The van der Waals surface area contributed by atoms with E-state index in [2.05, 4.69) is 26.1 Å². The molecule has 1 N–H and O–H groups in total. The molecule has 0 aliphatic rings. The quantitative estimate of drug-likeness (QED) is 0.565. The third kappa shape index (κ3) is 6.91. The van der Waals surface area contributed by atoms with Crippen LogP contribution in [-0.2, 0) is 4.74 Å². The van der Waals surface area contributed by atoms with Gasteiger partial charge in [-0.2, -0.15) is 0 Å². The van der Waals surface area contributed by atoms with Crippen molar-refractivity contribution in [3.63, 3.8) is 0 Å². The van der Waals surface area contributed by atoms with E-state index in [4.69, 9.17) is 4.74 Å². The Hall–Kier alpha value is -0.0800. The highest BCUT2D eigenvalue weighted by molar-refractivity contribution is 4.70. The van der Waals surface area contributed by atoms with E-state index in [9.17, 15) is 0 Å². The highest BCUT2D eigenvalue weighted by Crippen LogP contribution is 2.23. The molecule has 0 saturated carbocycles. The van der Waals surface area contributed by atoms with Crippen LogP contribution in [0.4, 0.5) is 0 Å². The molecular formula is C13H29NO. The Bertz CT molecular complexity index is 124.